The minimum absolute atomic E-state index is 0.0367. The summed E-state index contributed by atoms with van der Waals surface area (Å²) in [7, 11) is -2.37. The largest absolute Gasteiger partial charge is 0.456 e. The van der Waals surface area contributed by atoms with Crippen molar-refractivity contribution in [2.24, 2.45) is 0 Å². The molecule has 0 aliphatic rings. The fourth-order valence-corrected chi connectivity index (χ4v) is 3.42. The molecule has 28 heavy (non-hydrogen) atoms. The van der Waals surface area contributed by atoms with Gasteiger partial charge in [0.2, 0.25) is 10.0 Å². The first-order chi connectivity index (χ1) is 13.2. The standard InChI is InChI=1S/C19H21FN2O5S/c1-13-7-9-15(11-17(13)28(25,26)21-2)22-18(23)12-27-19(24)10-8-14-5-3-4-6-16(14)20/h3-7,9,11,21H,8,10,12H2,1-2H3,(H,22,23). The molecular weight excluding hydrogens is 387 g/mol. The van der Waals surface area contributed by atoms with Crippen molar-refractivity contribution in [3.63, 3.8) is 0 Å². The molecule has 0 aliphatic carbocycles. The first kappa shape index (κ1) is 21.5. The lowest BCUT2D eigenvalue weighted by atomic mass is 10.1. The van der Waals surface area contributed by atoms with Gasteiger partial charge >= 0.3 is 5.97 Å². The number of nitrogens with one attached hydrogen (secondary N) is 2. The first-order valence-electron chi connectivity index (χ1n) is 8.46. The number of rotatable bonds is 8. The fraction of sp³-hybridized carbons (Fsp3) is 0.263. The monoisotopic (exact) mass is 408 g/mol. The maximum atomic E-state index is 13.5. The summed E-state index contributed by atoms with van der Waals surface area (Å²) in [6, 6.07) is 10.5. The van der Waals surface area contributed by atoms with E-state index in [0.29, 0.717) is 11.1 Å². The summed E-state index contributed by atoms with van der Waals surface area (Å²) in [6.45, 7) is 1.10. The molecule has 0 fully saturated rings. The van der Waals surface area contributed by atoms with Crippen LogP contribution in [0.5, 0.6) is 0 Å². The Morgan fingerprint density at radius 2 is 1.86 bits per heavy atom. The predicted molar refractivity (Wildman–Crippen MR) is 102 cm³/mol. The molecule has 0 atom stereocenters. The zero-order valence-corrected chi connectivity index (χ0v) is 16.3. The molecule has 0 heterocycles. The molecule has 0 aliphatic heterocycles. The van der Waals surface area contributed by atoms with E-state index in [4.69, 9.17) is 4.74 Å². The van der Waals surface area contributed by atoms with Gasteiger partial charge in [0.1, 0.15) is 5.82 Å². The zero-order chi connectivity index (χ0) is 20.7. The fourth-order valence-electron chi connectivity index (χ4n) is 2.43. The number of carbonyl (C=O) groups excluding carboxylic acids is 2. The van der Waals surface area contributed by atoms with E-state index in [-0.39, 0.29) is 23.4 Å². The van der Waals surface area contributed by atoms with Crippen LogP contribution in [0, 0.1) is 12.7 Å². The maximum Gasteiger partial charge on any atom is 0.306 e. The maximum absolute atomic E-state index is 13.5. The number of halogens is 1. The van der Waals surface area contributed by atoms with Crippen LogP contribution in [0.3, 0.4) is 0 Å². The number of ether oxygens (including phenoxy) is 1. The SMILES string of the molecule is CNS(=O)(=O)c1cc(NC(=O)COC(=O)CCc2ccccc2F)ccc1C. The van der Waals surface area contributed by atoms with Crippen LogP contribution in [0.1, 0.15) is 17.5 Å². The van der Waals surface area contributed by atoms with Crippen molar-refractivity contribution < 1.29 is 27.1 Å². The van der Waals surface area contributed by atoms with E-state index in [9.17, 15) is 22.4 Å². The average molecular weight is 408 g/mol. The first-order valence-corrected chi connectivity index (χ1v) is 9.94. The quantitative estimate of drug-likeness (QED) is 0.652. The number of aryl methyl sites for hydroxylation is 2. The molecule has 2 N–H and O–H groups in total. The second-order valence-electron chi connectivity index (χ2n) is 5.99. The lowest BCUT2D eigenvalue weighted by Crippen LogP contribution is -2.22. The number of hydrogen-bond donors (Lipinski definition) is 2. The molecule has 0 unspecified atom stereocenters. The smallest absolute Gasteiger partial charge is 0.306 e. The third kappa shape index (κ3) is 5.86. The number of sulfonamides is 1. The molecule has 0 saturated heterocycles. The Morgan fingerprint density at radius 1 is 1.14 bits per heavy atom. The van der Waals surface area contributed by atoms with Crippen molar-refractivity contribution in [1.29, 1.82) is 0 Å². The summed E-state index contributed by atoms with van der Waals surface area (Å²) in [6.07, 6.45) is 0.0969. The molecule has 0 radical (unpaired) electrons. The zero-order valence-electron chi connectivity index (χ0n) is 15.5. The van der Waals surface area contributed by atoms with E-state index in [2.05, 4.69) is 10.0 Å². The van der Waals surface area contributed by atoms with Crippen molar-refractivity contribution >= 4 is 27.6 Å². The van der Waals surface area contributed by atoms with E-state index in [1.165, 1.54) is 19.2 Å². The van der Waals surface area contributed by atoms with Crippen LogP contribution in [-0.4, -0.2) is 33.9 Å². The van der Waals surface area contributed by atoms with Gasteiger partial charge in [0.05, 0.1) is 4.90 Å². The third-order valence-electron chi connectivity index (χ3n) is 3.95. The summed E-state index contributed by atoms with van der Waals surface area (Å²) >= 11 is 0. The lowest BCUT2D eigenvalue weighted by Gasteiger charge is -2.11. The van der Waals surface area contributed by atoms with Crippen LogP contribution < -0.4 is 10.0 Å². The van der Waals surface area contributed by atoms with E-state index < -0.39 is 34.3 Å². The molecule has 1 amide bonds. The minimum Gasteiger partial charge on any atom is -0.456 e. The molecule has 0 aromatic heterocycles. The van der Waals surface area contributed by atoms with Gasteiger partial charge in [0.25, 0.3) is 5.91 Å². The highest BCUT2D eigenvalue weighted by Crippen LogP contribution is 2.20. The van der Waals surface area contributed by atoms with Crippen LogP contribution in [0.15, 0.2) is 47.4 Å². The topological polar surface area (TPSA) is 102 Å². The number of carbonyl (C=O) groups is 2. The molecule has 0 spiro atoms. The van der Waals surface area contributed by atoms with Crippen molar-refractivity contribution in [3.05, 3.63) is 59.4 Å². The summed E-state index contributed by atoms with van der Waals surface area (Å²) < 4.78 is 44.5. The van der Waals surface area contributed by atoms with Gasteiger partial charge in [-0.1, -0.05) is 24.3 Å². The van der Waals surface area contributed by atoms with Gasteiger partial charge in [-0.3, -0.25) is 9.59 Å². The van der Waals surface area contributed by atoms with Gasteiger partial charge < -0.3 is 10.1 Å². The van der Waals surface area contributed by atoms with E-state index >= 15 is 0 Å². The minimum atomic E-state index is -3.67. The van der Waals surface area contributed by atoms with Gasteiger partial charge in [-0.2, -0.15) is 0 Å². The molecule has 0 bridgehead atoms. The van der Waals surface area contributed by atoms with Crippen molar-refractivity contribution in [3.8, 4) is 0 Å². The third-order valence-corrected chi connectivity index (χ3v) is 5.51. The Labute approximate surface area is 163 Å². The van der Waals surface area contributed by atoms with Crippen molar-refractivity contribution in [2.45, 2.75) is 24.7 Å². The average Bonchev–Trinajstić information content (AvgIpc) is 2.67. The highest BCUT2D eigenvalue weighted by atomic mass is 32.2. The Bertz CT molecular complexity index is 976. The molecular formula is C19H21FN2O5S. The Kier molecular flexibility index (Phi) is 7.24. The normalized spacial score (nSPS) is 11.1. The summed E-state index contributed by atoms with van der Waals surface area (Å²) in [4.78, 5) is 23.7. The molecule has 150 valence electrons. The number of hydrogen-bond acceptors (Lipinski definition) is 5. The van der Waals surface area contributed by atoms with Gasteiger partial charge in [0.15, 0.2) is 6.61 Å². The second-order valence-corrected chi connectivity index (χ2v) is 7.84. The summed E-state index contributed by atoms with van der Waals surface area (Å²) in [5, 5.41) is 2.48. The summed E-state index contributed by atoms with van der Waals surface area (Å²) in [5.74, 6) is -1.66. The van der Waals surface area contributed by atoms with Crippen LogP contribution in [0.2, 0.25) is 0 Å². The van der Waals surface area contributed by atoms with Gasteiger partial charge in [0, 0.05) is 12.1 Å². The molecule has 2 aromatic rings. The highest BCUT2D eigenvalue weighted by molar-refractivity contribution is 7.89. The van der Waals surface area contributed by atoms with E-state index in [0.717, 1.165) is 0 Å². The Balaban J connectivity index is 1.88. The highest BCUT2D eigenvalue weighted by Gasteiger charge is 2.16. The van der Waals surface area contributed by atoms with Gasteiger partial charge in [-0.25, -0.2) is 17.5 Å². The lowest BCUT2D eigenvalue weighted by molar-refractivity contribution is -0.147. The van der Waals surface area contributed by atoms with Crippen molar-refractivity contribution in [1.82, 2.24) is 4.72 Å². The van der Waals surface area contributed by atoms with Gasteiger partial charge in [-0.05, 0) is 49.7 Å². The van der Waals surface area contributed by atoms with Crippen LogP contribution in [0.25, 0.3) is 0 Å². The Hall–Kier alpha value is -2.78. The predicted octanol–water partition coefficient (Wildman–Crippen LogP) is 2.16. The molecule has 7 nitrogen and oxygen atoms in total. The van der Waals surface area contributed by atoms with Crippen LogP contribution >= 0.6 is 0 Å². The molecule has 2 rings (SSSR count). The molecule has 2 aromatic carbocycles. The Morgan fingerprint density at radius 3 is 2.54 bits per heavy atom. The molecule has 9 heteroatoms. The number of amides is 1. The number of benzene rings is 2. The van der Waals surface area contributed by atoms with E-state index in [1.54, 1.807) is 37.3 Å². The molecule has 0 saturated carbocycles. The number of esters is 1. The van der Waals surface area contributed by atoms with Crippen LogP contribution in [0.4, 0.5) is 10.1 Å². The summed E-state index contributed by atoms with van der Waals surface area (Å²) in [5.41, 5.74) is 1.17. The van der Waals surface area contributed by atoms with E-state index in [1.807, 2.05) is 0 Å². The second kappa shape index (κ2) is 9.43. The number of anilines is 1. The van der Waals surface area contributed by atoms with Crippen LogP contribution in [-0.2, 0) is 30.8 Å². The van der Waals surface area contributed by atoms with Crippen molar-refractivity contribution in [2.75, 3.05) is 19.0 Å². The van der Waals surface area contributed by atoms with Gasteiger partial charge in [-0.15, -0.1) is 0 Å².